The molecule has 0 unspecified atom stereocenters. The minimum Gasteiger partial charge on any atom is -0.491 e. The SMILES string of the molecule is Cc1ccc(CNCc2ccc(OCCO)cc2)cc1.Cl. The van der Waals surface area contributed by atoms with E-state index in [1.165, 1.54) is 16.7 Å². The molecular weight excluding hydrogens is 286 g/mol. The topological polar surface area (TPSA) is 41.5 Å². The van der Waals surface area contributed by atoms with Crippen LogP contribution in [0.15, 0.2) is 48.5 Å². The minimum atomic E-state index is 0. The molecule has 0 radical (unpaired) electrons. The molecule has 0 saturated carbocycles. The smallest absolute Gasteiger partial charge is 0.119 e. The maximum atomic E-state index is 8.69. The molecule has 2 N–H and O–H groups in total. The predicted molar refractivity (Wildman–Crippen MR) is 88.0 cm³/mol. The highest BCUT2D eigenvalue weighted by Gasteiger charge is 1.96. The number of aliphatic hydroxyl groups is 1. The van der Waals surface area contributed by atoms with Crippen LogP contribution in [0.2, 0.25) is 0 Å². The Morgan fingerprint density at radius 3 is 1.95 bits per heavy atom. The van der Waals surface area contributed by atoms with Gasteiger partial charge in [-0.05, 0) is 30.2 Å². The van der Waals surface area contributed by atoms with Gasteiger partial charge in [0.2, 0.25) is 0 Å². The van der Waals surface area contributed by atoms with Crippen LogP contribution in [0.4, 0.5) is 0 Å². The molecule has 21 heavy (non-hydrogen) atoms. The lowest BCUT2D eigenvalue weighted by molar-refractivity contribution is 0.201. The van der Waals surface area contributed by atoms with Crippen LogP contribution in [-0.4, -0.2) is 18.3 Å². The van der Waals surface area contributed by atoms with Crippen molar-refractivity contribution in [2.24, 2.45) is 0 Å². The maximum absolute atomic E-state index is 8.69. The second-order valence-corrected chi connectivity index (χ2v) is 4.81. The highest BCUT2D eigenvalue weighted by atomic mass is 35.5. The zero-order chi connectivity index (χ0) is 14.2. The Hall–Kier alpha value is -1.55. The number of hydrogen-bond donors (Lipinski definition) is 2. The molecule has 0 aliphatic rings. The fraction of sp³-hybridized carbons (Fsp3) is 0.294. The molecule has 0 aliphatic carbocycles. The van der Waals surface area contributed by atoms with Gasteiger partial charge in [-0.1, -0.05) is 42.0 Å². The molecule has 4 heteroatoms. The standard InChI is InChI=1S/C17H21NO2.ClH/c1-14-2-4-15(5-3-14)12-18-13-16-6-8-17(9-7-16)20-11-10-19;/h2-9,18-19H,10-13H2,1H3;1H. The Morgan fingerprint density at radius 2 is 1.43 bits per heavy atom. The van der Waals surface area contributed by atoms with E-state index in [1.807, 2.05) is 24.3 Å². The molecule has 0 aromatic heterocycles. The van der Waals surface area contributed by atoms with Crippen molar-refractivity contribution in [3.05, 3.63) is 65.2 Å². The highest BCUT2D eigenvalue weighted by molar-refractivity contribution is 5.85. The summed E-state index contributed by atoms with van der Waals surface area (Å²) in [5, 5.41) is 12.1. The van der Waals surface area contributed by atoms with Crippen molar-refractivity contribution in [2.75, 3.05) is 13.2 Å². The molecule has 2 rings (SSSR count). The van der Waals surface area contributed by atoms with E-state index in [4.69, 9.17) is 9.84 Å². The van der Waals surface area contributed by atoms with Crippen molar-refractivity contribution in [2.45, 2.75) is 20.0 Å². The van der Waals surface area contributed by atoms with Crippen molar-refractivity contribution < 1.29 is 9.84 Å². The normalized spacial score (nSPS) is 10.0. The van der Waals surface area contributed by atoms with Crippen LogP contribution >= 0.6 is 12.4 Å². The van der Waals surface area contributed by atoms with Gasteiger partial charge in [-0.2, -0.15) is 0 Å². The molecule has 0 heterocycles. The van der Waals surface area contributed by atoms with E-state index in [0.29, 0.717) is 6.61 Å². The van der Waals surface area contributed by atoms with Crippen molar-refractivity contribution in [3.63, 3.8) is 0 Å². The Bertz CT molecular complexity index is 511. The molecule has 0 atom stereocenters. The van der Waals surface area contributed by atoms with E-state index in [1.54, 1.807) is 0 Å². The second-order valence-electron chi connectivity index (χ2n) is 4.81. The van der Waals surface area contributed by atoms with E-state index >= 15 is 0 Å². The lowest BCUT2D eigenvalue weighted by Gasteiger charge is -2.07. The van der Waals surface area contributed by atoms with Crippen molar-refractivity contribution in [1.82, 2.24) is 5.32 Å². The lowest BCUT2D eigenvalue weighted by atomic mass is 10.1. The number of halogens is 1. The number of benzene rings is 2. The van der Waals surface area contributed by atoms with Crippen molar-refractivity contribution in [1.29, 1.82) is 0 Å². The van der Waals surface area contributed by atoms with E-state index in [2.05, 4.69) is 36.5 Å². The molecule has 2 aromatic rings. The first kappa shape index (κ1) is 17.5. The molecule has 0 aliphatic heterocycles. The van der Waals surface area contributed by atoms with E-state index in [9.17, 15) is 0 Å². The lowest BCUT2D eigenvalue weighted by Crippen LogP contribution is -2.12. The van der Waals surface area contributed by atoms with Crippen LogP contribution in [-0.2, 0) is 13.1 Å². The van der Waals surface area contributed by atoms with Gasteiger partial charge in [-0.25, -0.2) is 0 Å². The predicted octanol–water partition coefficient (Wildman–Crippen LogP) is 3.08. The van der Waals surface area contributed by atoms with Gasteiger partial charge in [0.1, 0.15) is 12.4 Å². The van der Waals surface area contributed by atoms with Gasteiger partial charge in [0.15, 0.2) is 0 Å². The first-order valence-electron chi connectivity index (χ1n) is 6.87. The first-order chi connectivity index (χ1) is 9.78. The third-order valence-corrected chi connectivity index (χ3v) is 3.06. The Balaban J connectivity index is 0.00000220. The second kappa shape index (κ2) is 9.40. The highest BCUT2D eigenvalue weighted by Crippen LogP contribution is 2.12. The average molecular weight is 308 g/mol. The molecular formula is C17H22ClNO2. The van der Waals surface area contributed by atoms with E-state index in [-0.39, 0.29) is 19.0 Å². The number of aliphatic hydroxyl groups excluding tert-OH is 1. The van der Waals surface area contributed by atoms with Gasteiger partial charge in [-0.15, -0.1) is 12.4 Å². The molecule has 2 aromatic carbocycles. The van der Waals surface area contributed by atoms with Gasteiger partial charge < -0.3 is 15.2 Å². The zero-order valence-corrected chi connectivity index (χ0v) is 13.0. The monoisotopic (exact) mass is 307 g/mol. The summed E-state index contributed by atoms with van der Waals surface area (Å²) in [5.74, 6) is 0.793. The summed E-state index contributed by atoms with van der Waals surface area (Å²) >= 11 is 0. The van der Waals surface area contributed by atoms with Crippen molar-refractivity contribution >= 4 is 12.4 Å². The quantitative estimate of drug-likeness (QED) is 0.826. The maximum Gasteiger partial charge on any atom is 0.119 e. The number of rotatable bonds is 7. The summed E-state index contributed by atoms with van der Waals surface area (Å²) in [7, 11) is 0. The van der Waals surface area contributed by atoms with Crippen LogP contribution in [0.5, 0.6) is 5.75 Å². The third-order valence-electron chi connectivity index (χ3n) is 3.06. The molecule has 3 nitrogen and oxygen atoms in total. The summed E-state index contributed by atoms with van der Waals surface area (Å²) in [6, 6.07) is 16.5. The van der Waals surface area contributed by atoms with Crippen LogP contribution < -0.4 is 10.1 Å². The van der Waals surface area contributed by atoms with Gasteiger partial charge >= 0.3 is 0 Å². The summed E-state index contributed by atoms with van der Waals surface area (Å²) in [6.45, 7) is 4.17. The number of ether oxygens (including phenoxy) is 1. The molecule has 0 spiro atoms. The van der Waals surface area contributed by atoms with Gasteiger partial charge in [0.25, 0.3) is 0 Å². The fourth-order valence-corrected chi connectivity index (χ4v) is 1.92. The van der Waals surface area contributed by atoms with Crippen LogP contribution in [0.1, 0.15) is 16.7 Å². The molecule has 0 amide bonds. The molecule has 0 fully saturated rings. The van der Waals surface area contributed by atoms with Gasteiger partial charge in [0, 0.05) is 13.1 Å². The summed E-state index contributed by atoms with van der Waals surface area (Å²) in [4.78, 5) is 0. The Morgan fingerprint density at radius 1 is 0.905 bits per heavy atom. The van der Waals surface area contributed by atoms with Gasteiger partial charge in [0.05, 0.1) is 6.61 Å². The van der Waals surface area contributed by atoms with Gasteiger partial charge in [-0.3, -0.25) is 0 Å². The summed E-state index contributed by atoms with van der Waals surface area (Å²) < 4.78 is 5.32. The zero-order valence-electron chi connectivity index (χ0n) is 12.2. The summed E-state index contributed by atoms with van der Waals surface area (Å²) in [6.07, 6.45) is 0. The largest absolute Gasteiger partial charge is 0.491 e. The molecule has 0 saturated heterocycles. The molecule has 114 valence electrons. The third kappa shape index (κ3) is 6.17. The average Bonchev–Trinajstić information content (AvgIpc) is 2.48. The first-order valence-corrected chi connectivity index (χ1v) is 6.87. The minimum absolute atomic E-state index is 0. The summed E-state index contributed by atoms with van der Waals surface area (Å²) in [5.41, 5.74) is 3.79. The van der Waals surface area contributed by atoms with Crippen LogP contribution in [0.25, 0.3) is 0 Å². The van der Waals surface area contributed by atoms with E-state index in [0.717, 1.165) is 18.8 Å². The fourth-order valence-electron chi connectivity index (χ4n) is 1.92. The number of aryl methyl sites for hydroxylation is 1. The van der Waals surface area contributed by atoms with Crippen LogP contribution in [0.3, 0.4) is 0 Å². The van der Waals surface area contributed by atoms with Crippen molar-refractivity contribution in [3.8, 4) is 5.75 Å². The van der Waals surface area contributed by atoms with E-state index < -0.39 is 0 Å². The van der Waals surface area contributed by atoms with Crippen LogP contribution in [0, 0.1) is 6.92 Å². The molecule has 0 bridgehead atoms. The Kier molecular flexibility index (Phi) is 7.83. The number of hydrogen-bond acceptors (Lipinski definition) is 3. The Labute approximate surface area is 132 Å². The number of nitrogens with one attached hydrogen (secondary N) is 1.